The summed E-state index contributed by atoms with van der Waals surface area (Å²) in [7, 11) is 0. The molecule has 0 spiro atoms. The van der Waals surface area contributed by atoms with Gasteiger partial charge in [-0.25, -0.2) is 4.98 Å². The van der Waals surface area contributed by atoms with E-state index in [0.717, 1.165) is 33.3 Å². The van der Waals surface area contributed by atoms with E-state index in [4.69, 9.17) is 4.98 Å². The van der Waals surface area contributed by atoms with Crippen molar-refractivity contribution in [2.45, 2.75) is 6.92 Å². The molecule has 1 N–H and O–H groups in total. The van der Waals surface area contributed by atoms with Crippen molar-refractivity contribution in [2.75, 3.05) is 0 Å². The minimum Gasteiger partial charge on any atom is -0.507 e. The molecule has 3 nitrogen and oxygen atoms in total. The van der Waals surface area contributed by atoms with E-state index in [1.54, 1.807) is 6.07 Å². The van der Waals surface area contributed by atoms with Crippen LogP contribution in [0, 0.1) is 6.92 Å². The van der Waals surface area contributed by atoms with Gasteiger partial charge in [-0.15, -0.1) is 0 Å². The Labute approximate surface area is 179 Å². The van der Waals surface area contributed by atoms with Crippen LogP contribution < -0.4 is 0 Å². The zero-order valence-corrected chi connectivity index (χ0v) is 17.1. The number of fused-ring (bicyclic) bond motifs is 6. The van der Waals surface area contributed by atoms with Gasteiger partial charge in [0.05, 0.1) is 16.6 Å². The van der Waals surface area contributed by atoms with Crippen molar-refractivity contribution in [2.24, 2.45) is 0 Å². The maximum Gasteiger partial charge on any atom is 0.149 e. The molecule has 0 radical (unpaired) electrons. The third kappa shape index (κ3) is 2.63. The molecule has 0 fully saturated rings. The van der Waals surface area contributed by atoms with E-state index in [0.29, 0.717) is 5.56 Å². The van der Waals surface area contributed by atoms with Crippen LogP contribution in [-0.2, 0) is 0 Å². The highest BCUT2D eigenvalue weighted by molar-refractivity contribution is 6.24. The van der Waals surface area contributed by atoms with Gasteiger partial charge in [-0.3, -0.25) is 4.57 Å². The number of aromatic nitrogens is 2. The molecular formula is C28H20N2O. The molecule has 0 aliphatic carbocycles. The monoisotopic (exact) mass is 400 g/mol. The Morgan fingerprint density at radius 2 is 1.23 bits per heavy atom. The molecular weight excluding hydrogens is 380 g/mol. The Balaban J connectivity index is 1.88. The average Bonchev–Trinajstić information content (AvgIpc) is 3.21. The van der Waals surface area contributed by atoms with E-state index >= 15 is 0 Å². The molecule has 31 heavy (non-hydrogen) atoms. The second kappa shape index (κ2) is 6.71. The summed E-state index contributed by atoms with van der Waals surface area (Å²) in [5.41, 5.74) is 4.93. The topological polar surface area (TPSA) is 38.0 Å². The van der Waals surface area contributed by atoms with Gasteiger partial charge in [-0.1, -0.05) is 78.4 Å². The molecule has 6 aromatic rings. The molecule has 0 aliphatic rings. The lowest BCUT2D eigenvalue weighted by Gasteiger charge is -2.13. The summed E-state index contributed by atoms with van der Waals surface area (Å²) in [5.74, 6) is 0.957. The van der Waals surface area contributed by atoms with E-state index in [-0.39, 0.29) is 5.75 Å². The summed E-state index contributed by atoms with van der Waals surface area (Å²) >= 11 is 0. The van der Waals surface area contributed by atoms with Gasteiger partial charge in [0.1, 0.15) is 11.6 Å². The van der Waals surface area contributed by atoms with Crippen LogP contribution in [0.5, 0.6) is 5.75 Å². The number of phenols is 1. The largest absolute Gasteiger partial charge is 0.507 e. The van der Waals surface area contributed by atoms with E-state index < -0.39 is 0 Å². The number of hydrogen-bond donors (Lipinski definition) is 1. The summed E-state index contributed by atoms with van der Waals surface area (Å²) in [6.07, 6.45) is 0. The quantitative estimate of drug-likeness (QED) is 0.317. The number of para-hydroxylation sites is 1. The molecule has 6 rings (SSSR count). The van der Waals surface area contributed by atoms with Gasteiger partial charge in [-0.05, 0) is 42.0 Å². The molecule has 1 heterocycles. The molecule has 0 bridgehead atoms. The second-order valence-electron chi connectivity index (χ2n) is 7.91. The highest BCUT2D eigenvalue weighted by Gasteiger charge is 2.21. The molecule has 148 valence electrons. The number of rotatable bonds is 2. The maximum atomic E-state index is 10.7. The molecule has 5 aromatic carbocycles. The van der Waals surface area contributed by atoms with Crippen LogP contribution in [0.15, 0.2) is 97.1 Å². The van der Waals surface area contributed by atoms with E-state index in [2.05, 4.69) is 84.3 Å². The summed E-state index contributed by atoms with van der Waals surface area (Å²) in [6.45, 7) is 2.09. The lowest BCUT2D eigenvalue weighted by atomic mass is 10.00. The van der Waals surface area contributed by atoms with Crippen LogP contribution in [0.2, 0.25) is 0 Å². The van der Waals surface area contributed by atoms with Crippen LogP contribution in [0.3, 0.4) is 0 Å². The van der Waals surface area contributed by atoms with Crippen LogP contribution >= 0.6 is 0 Å². The zero-order chi connectivity index (χ0) is 20.9. The van der Waals surface area contributed by atoms with Crippen molar-refractivity contribution >= 4 is 32.6 Å². The number of aryl methyl sites for hydroxylation is 1. The Hall–Kier alpha value is -4.11. The molecule has 0 amide bonds. The van der Waals surface area contributed by atoms with Crippen molar-refractivity contribution in [1.29, 1.82) is 0 Å². The Morgan fingerprint density at radius 3 is 1.94 bits per heavy atom. The highest BCUT2D eigenvalue weighted by atomic mass is 16.3. The summed E-state index contributed by atoms with van der Waals surface area (Å²) in [5, 5.41) is 15.3. The van der Waals surface area contributed by atoms with Crippen LogP contribution in [0.25, 0.3) is 49.7 Å². The van der Waals surface area contributed by atoms with Gasteiger partial charge in [0.25, 0.3) is 0 Å². The molecule has 0 saturated carbocycles. The maximum absolute atomic E-state index is 10.7. The fourth-order valence-corrected chi connectivity index (χ4v) is 4.49. The smallest absolute Gasteiger partial charge is 0.149 e. The van der Waals surface area contributed by atoms with E-state index in [1.165, 1.54) is 16.3 Å². The minimum atomic E-state index is 0.222. The fourth-order valence-electron chi connectivity index (χ4n) is 4.49. The Morgan fingerprint density at radius 1 is 0.645 bits per heavy atom. The fraction of sp³-hybridized carbons (Fsp3) is 0.0357. The third-order valence-corrected chi connectivity index (χ3v) is 5.97. The number of imidazole rings is 1. The number of hydrogen-bond acceptors (Lipinski definition) is 2. The number of aromatic hydroxyl groups is 1. The van der Waals surface area contributed by atoms with Gasteiger partial charge in [0, 0.05) is 16.5 Å². The lowest BCUT2D eigenvalue weighted by molar-refractivity contribution is 0.477. The minimum absolute atomic E-state index is 0.222. The first-order chi connectivity index (χ1) is 15.2. The summed E-state index contributed by atoms with van der Waals surface area (Å²) < 4.78 is 2.18. The molecule has 0 saturated heterocycles. The number of nitrogens with zero attached hydrogens (tertiary/aromatic N) is 2. The zero-order valence-electron chi connectivity index (χ0n) is 17.1. The molecule has 3 heteroatoms. The van der Waals surface area contributed by atoms with Crippen molar-refractivity contribution in [3.05, 3.63) is 103 Å². The normalized spacial score (nSPS) is 11.5. The van der Waals surface area contributed by atoms with Crippen molar-refractivity contribution in [1.82, 2.24) is 9.55 Å². The van der Waals surface area contributed by atoms with E-state index in [9.17, 15) is 5.11 Å². The third-order valence-electron chi connectivity index (χ3n) is 5.97. The van der Waals surface area contributed by atoms with Crippen LogP contribution in [0.1, 0.15) is 5.56 Å². The van der Waals surface area contributed by atoms with E-state index in [1.807, 2.05) is 18.2 Å². The number of benzene rings is 5. The molecule has 0 unspecified atom stereocenters. The first-order valence-electron chi connectivity index (χ1n) is 10.4. The predicted molar refractivity (Wildman–Crippen MR) is 128 cm³/mol. The Kier molecular flexibility index (Phi) is 3.84. The first kappa shape index (κ1) is 17.7. The van der Waals surface area contributed by atoms with Crippen molar-refractivity contribution < 1.29 is 5.11 Å². The predicted octanol–water partition coefficient (Wildman–Crippen LogP) is 7.01. The summed E-state index contributed by atoms with van der Waals surface area (Å²) in [4.78, 5) is 5.12. The lowest BCUT2D eigenvalue weighted by Crippen LogP contribution is -1.98. The second-order valence-corrected chi connectivity index (χ2v) is 7.91. The van der Waals surface area contributed by atoms with Gasteiger partial charge in [-0.2, -0.15) is 0 Å². The molecule has 0 aliphatic heterocycles. The van der Waals surface area contributed by atoms with Gasteiger partial charge >= 0.3 is 0 Å². The standard InChI is InChI=1S/C28H20N2O/c1-18-14-16-19(17-15-18)30-27-23-11-5-3-9-21(23)20-8-2-4-10-22(20)26(27)29-28(30)24-12-6-7-13-25(24)31/h2-17,31H,1H3. The van der Waals surface area contributed by atoms with Crippen LogP contribution in [0.4, 0.5) is 0 Å². The van der Waals surface area contributed by atoms with Gasteiger partial charge < -0.3 is 5.11 Å². The Bertz CT molecular complexity index is 1590. The number of phenolic OH excluding ortho intramolecular Hbond substituents is 1. The van der Waals surface area contributed by atoms with Crippen molar-refractivity contribution in [3.8, 4) is 22.8 Å². The average molecular weight is 400 g/mol. The van der Waals surface area contributed by atoms with Gasteiger partial charge in [0.2, 0.25) is 0 Å². The van der Waals surface area contributed by atoms with Crippen LogP contribution in [-0.4, -0.2) is 14.7 Å². The van der Waals surface area contributed by atoms with Gasteiger partial charge in [0.15, 0.2) is 0 Å². The first-order valence-corrected chi connectivity index (χ1v) is 10.4. The SMILES string of the molecule is Cc1ccc(-n2c(-c3ccccc3O)nc3c4ccccc4c4ccccc4c32)cc1. The molecule has 0 atom stereocenters. The summed E-state index contributed by atoms with van der Waals surface area (Å²) in [6, 6.07) is 32.7. The highest BCUT2D eigenvalue weighted by Crippen LogP contribution is 2.40. The molecule has 1 aromatic heterocycles. The van der Waals surface area contributed by atoms with Crippen molar-refractivity contribution in [3.63, 3.8) is 0 Å².